The summed E-state index contributed by atoms with van der Waals surface area (Å²) in [6.45, 7) is 7.45. The number of hydrogen-bond donors (Lipinski definition) is 2. The summed E-state index contributed by atoms with van der Waals surface area (Å²) in [5.74, 6) is 0.779. The molecule has 0 aliphatic carbocycles. The Morgan fingerprint density at radius 1 is 1.10 bits per heavy atom. The van der Waals surface area contributed by atoms with Crippen LogP contribution in [0, 0.1) is 0 Å². The summed E-state index contributed by atoms with van der Waals surface area (Å²) in [5, 5.41) is 2.70. The first-order valence-corrected chi connectivity index (χ1v) is 9.90. The number of nitrogens with zero attached hydrogens (tertiary/aromatic N) is 3. The van der Waals surface area contributed by atoms with Gasteiger partial charge in [0.1, 0.15) is 11.3 Å². The van der Waals surface area contributed by atoms with Gasteiger partial charge < -0.3 is 14.9 Å². The molecule has 0 radical (unpaired) electrons. The van der Waals surface area contributed by atoms with E-state index in [0.717, 1.165) is 47.7 Å². The first kappa shape index (κ1) is 19.0. The van der Waals surface area contributed by atoms with Crippen molar-refractivity contribution >= 4 is 23.1 Å². The standard InChI is InChI=1S/C23H25N5O/c1-3-27(4-2)14-17-12-13-28(15-17)19-10-8-18(9-11-19)23-25-21-7-5-6-20(24-16-29)22(21)26-23/h5-13,15-16H,3-4,14H2,1-2H3,(H,24,29)(H,25,26). The first-order valence-electron chi connectivity index (χ1n) is 9.90. The van der Waals surface area contributed by atoms with Crippen molar-refractivity contribution in [3.8, 4) is 17.1 Å². The maximum Gasteiger partial charge on any atom is 0.211 e. The molecule has 4 rings (SSSR count). The van der Waals surface area contributed by atoms with Gasteiger partial charge in [0.2, 0.25) is 6.41 Å². The van der Waals surface area contributed by atoms with Crippen molar-refractivity contribution in [1.29, 1.82) is 0 Å². The third-order valence-electron chi connectivity index (χ3n) is 5.22. The molecule has 0 unspecified atom stereocenters. The molecule has 0 bridgehead atoms. The molecule has 29 heavy (non-hydrogen) atoms. The fourth-order valence-electron chi connectivity index (χ4n) is 3.54. The van der Waals surface area contributed by atoms with E-state index in [4.69, 9.17) is 0 Å². The molecule has 2 N–H and O–H groups in total. The second kappa shape index (κ2) is 8.32. The molecule has 1 amide bonds. The van der Waals surface area contributed by atoms with Crippen LogP contribution in [-0.2, 0) is 11.3 Å². The van der Waals surface area contributed by atoms with E-state index < -0.39 is 0 Å². The molecule has 6 heteroatoms. The lowest BCUT2D eigenvalue weighted by Crippen LogP contribution is -2.21. The molecule has 2 aromatic carbocycles. The summed E-state index contributed by atoms with van der Waals surface area (Å²) in [4.78, 5) is 21.2. The summed E-state index contributed by atoms with van der Waals surface area (Å²) < 4.78 is 2.15. The highest BCUT2D eigenvalue weighted by Crippen LogP contribution is 2.26. The molecule has 0 aliphatic rings. The average molecular weight is 387 g/mol. The highest BCUT2D eigenvalue weighted by molar-refractivity contribution is 5.94. The minimum atomic E-state index is 0.670. The average Bonchev–Trinajstić information content (AvgIpc) is 3.40. The van der Waals surface area contributed by atoms with E-state index in [2.05, 4.69) is 81.3 Å². The number of anilines is 1. The molecule has 0 saturated heterocycles. The number of nitrogens with one attached hydrogen (secondary N) is 2. The van der Waals surface area contributed by atoms with Gasteiger partial charge in [-0.05, 0) is 61.1 Å². The van der Waals surface area contributed by atoms with Crippen LogP contribution in [0.25, 0.3) is 28.1 Å². The van der Waals surface area contributed by atoms with Gasteiger partial charge in [-0.25, -0.2) is 4.98 Å². The van der Waals surface area contributed by atoms with E-state index in [9.17, 15) is 4.79 Å². The number of aromatic amines is 1. The van der Waals surface area contributed by atoms with Crippen LogP contribution in [-0.4, -0.2) is 38.9 Å². The third-order valence-corrected chi connectivity index (χ3v) is 5.22. The molecule has 0 fully saturated rings. The van der Waals surface area contributed by atoms with Gasteiger partial charge in [-0.2, -0.15) is 0 Å². The lowest BCUT2D eigenvalue weighted by molar-refractivity contribution is -0.105. The maximum absolute atomic E-state index is 10.8. The second-order valence-electron chi connectivity index (χ2n) is 6.98. The van der Waals surface area contributed by atoms with Crippen LogP contribution in [0.1, 0.15) is 19.4 Å². The van der Waals surface area contributed by atoms with Crippen molar-refractivity contribution in [3.05, 3.63) is 66.5 Å². The van der Waals surface area contributed by atoms with Crippen molar-refractivity contribution < 1.29 is 4.79 Å². The summed E-state index contributed by atoms with van der Waals surface area (Å²) in [5.41, 5.74) is 5.76. The van der Waals surface area contributed by atoms with Crippen molar-refractivity contribution in [3.63, 3.8) is 0 Å². The Bertz CT molecular complexity index is 1110. The summed E-state index contributed by atoms with van der Waals surface area (Å²) >= 11 is 0. The summed E-state index contributed by atoms with van der Waals surface area (Å²) in [6.07, 6.45) is 4.96. The second-order valence-corrected chi connectivity index (χ2v) is 6.98. The number of amides is 1. The van der Waals surface area contributed by atoms with Gasteiger partial charge in [-0.3, -0.25) is 9.69 Å². The Labute approximate surface area is 170 Å². The zero-order chi connectivity index (χ0) is 20.2. The number of hydrogen-bond acceptors (Lipinski definition) is 3. The SMILES string of the molecule is CCN(CC)Cc1ccn(-c2ccc(-c3nc4c(NC=O)cccc4[nH]3)cc2)c1. The third kappa shape index (κ3) is 3.93. The summed E-state index contributed by atoms with van der Waals surface area (Å²) in [7, 11) is 0. The highest BCUT2D eigenvalue weighted by Gasteiger charge is 2.09. The predicted molar refractivity (Wildman–Crippen MR) is 117 cm³/mol. The number of rotatable bonds is 8. The number of benzene rings is 2. The van der Waals surface area contributed by atoms with Gasteiger partial charge in [-0.15, -0.1) is 0 Å². The lowest BCUT2D eigenvalue weighted by atomic mass is 10.2. The normalized spacial score (nSPS) is 11.3. The number of fused-ring (bicyclic) bond motifs is 1. The van der Waals surface area contributed by atoms with E-state index in [1.807, 2.05) is 18.2 Å². The summed E-state index contributed by atoms with van der Waals surface area (Å²) in [6, 6.07) is 16.2. The molecule has 0 spiro atoms. The van der Waals surface area contributed by atoms with Crippen LogP contribution >= 0.6 is 0 Å². The van der Waals surface area contributed by atoms with E-state index in [-0.39, 0.29) is 0 Å². The predicted octanol–water partition coefficient (Wildman–Crippen LogP) is 4.43. The number of para-hydroxylation sites is 1. The fraction of sp³-hybridized carbons (Fsp3) is 0.217. The Morgan fingerprint density at radius 3 is 2.62 bits per heavy atom. The smallest absolute Gasteiger partial charge is 0.211 e. The molecular weight excluding hydrogens is 362 g/mol. The molecule has 6 nitrogen and oxygen atoms in total. The number of H-pyrrole nitrogens is 1. The molecular formula is C23H25N5O. The van der Waals surface area contributed by atoms with Gasteiger partial charge in [0.15, 0.2) is 0 Å². The van der Waals surface area contributed by atoms with E-state index in [0.29, 0.717) is 12.1 Å². The van der Waals surface area contributed by atoms with Gasteiger partial charge in [0.05, 0.1) is 11.2 Å². The fourth-order valence-corrected chi connectivity index (χ4v) is 3.54. The molecule has 2 aromatic heterocycles. The van der Waals surface area contributed by atoms with Gasteiger partial charge in [-0.1, -0.05) is 19.9 Å². The van der Waals surface area contributed by atoms with Crippen molar-refractivity contribution in [1.82, 2.24) is 19.4 Å². The van der Waals surface area contributed by atoms with Crippen molar-refractivity contribution in [2.45, 2.75) is 20.4 Å². The van der Waals surface area contributed by atoms with Crippen LogP contribution in [0.3, 0.4) is 0 Å². The van der Waals surface area contributed by atoms with E-state index >= 15 is 0 Å². The monoisotopic (exact) mass is 387 g/mol. The van der Waals surface area contributed by atoms with Crippen molar-refractivity contribution in [2.24, 2.45) is 0 Å². The van der Waals surface area contributed by atoms with Crippen LogP contribution in [0.4, 0.5) is 5.69 Å². The lowest BCUT2D eigenvalue weighted by Gasteiger charge is -2.16. The molecule has 0 saturated carbocycles. The number of carbonyl (C=O) groups excluding carboxylic acids is 1. The van der Waals surface area contributed by atoms with Crippen LogP contribution < -0.4 is 5.32 Å². The Balaban J connectivity index is 1.57. The highest BCUT2D eigenvalue weighted by atomic mass is 16.1. The molecule has 4 aromatic rings. The Kier molecular flexibility index (Phi) is 5.44. The zero-order valence-electron chi connectivity index (χ0n) is 16.7. The van der Waals surface area contributed by atoms with Crippen LogP contribution in [0.2, 0.25) is 0 Å². The Hall–Kier alpha value is -3.38. The quantitative estimate of drug-likeness (QED) is 0.440. The van der Waals surface area contributed by atoms with E-state index in [1.165, 1.54) is 5.56 Å². The topological polar surface area (TPSA) is 66.0 Å². The Morgan fingerprint density at radius 2 is 1.90 bits per heavy atom. The maximum atomic E-state index is 10.8. The number of imidazole rings is 1. The van der Waals surface area contributed by atoms with Gasteiger partial charge in [0, 0.05) is 30.2 Å². The molecule has 2 heterocycles. The first-order chi connectivity index (χ1) is 14.2. The van der Waals surface area contributed by atoms with E-state index in [1.54, 1.807) is 0 Å². The molecule has 0 aliphatic heterocycles. The van der Waals surface area contributed by atoms with Gasteiger partial charge >= 0.3 is 0 Å². The van der Waals surface area contributed by atoms with Crippen molar-refractivity contribution in [2.75, 3.05) is 18.4 Å². The largest absolute Gasteiger partial charge is 0.338 e. The molecule has 0 atom stereocenters. The number of aromatic nitrogens is 3. The van der Waals surface area contributed by atoms with Crippen LogP contribution in [0.15, 0.2) is 60.9 Å². The molecule has 148 valence electrons. The minimum Gasteiger partial charge on any atom is -0.338 e. The van der Waals surface area contributed by atoms with Gasteiger partial charge in [0.25, 0.3) is 0 Å². The number of carbonyl (C=O) groups is 1. The van der Waals surface area contributed by atoms with Crippen LogP contribution in [0.5, 0.6) is 0 Å². The zero-order valence-corrected chi connectivity index (χ0v) is 16.7. The minimum absolute atomic E-state index is 0.670.